The molecule has 0 radical (unpaired) electrons. The third kappa shape index (κ3) is 5.16. The van der Waals surface area contributed by atoms with E-state index in [1.165, 1.54) is 6.42 Å². The summed E-state index contributed by atoms with van der Waals surface area (Å²) in [6, 6.07) is 9.73. The monoisotopic (exact) mass is 450 g/mol. The molecule has 1 atom stereocenters. The number of nitriles is 1. The van der Waals surface area contributed by atoms with Gasteiger partial charge in [-0.05, 0) is 31.9 Å². The minimum absolute atomic E-state index is 0.104. The van der Waals surface area contributed by atoms with E-state index in [1.54, 1.807) is 11.8 Å². The van der Waals surface area contributed by atoms with Gasteiger partial charge in [-0.1, -0.05) is 31.4 Å². The van der Waals surface area contributed by atoms with Gasteiger partial charge in [0.05, 0.1) is 23.7 Å². The van der Waals surface area contributed by atoms with E-state index in [2.05, 4.69) is 11.4 Å². The second kappa shape index (κ2) is 10.5. The summed E-state index contributed by atoms with van der Waals surface area (Å²) in [4.78, 5) is 38.4. The summed E-state index contributed by atoms with van der Waals surface area (Å²) in [5, 5.41) is 13.0. The number of carbonyl (C=O) groups is 2. The molecule has 9 nitrogen and oxygen atoms in total. The first kappa shape index (κ1) is 22.8. The summed E-state index contributed by atoms with van der Waals surface area (Å²) < 4.78 is 5.11. The number of aromatic nitrogens is 2. The molecule has 1 saturated carbocycles. The maximum atomic E-state index is 13.1. The number of anilines is 1. The Balaban J connectivity index is 1.61. The van der Waals surface area contributed by atoms with Gasteiger partial charge in [-0.15, -0.1) is 0 Å². The van der Waals surface area contributed by atoms with Crippen LogP contribution in [0.5, 0.6) is 0 Å². The predicted molar refractivity (Wildman–Crippen MR) is 124 cm³/mol. The summed E-state index contributed by atoms with van der Waals surface area (Å²) in [5.74, 6) is -0.843. The molecule has 1 aromatic heterocycles. The molecule has 1 aliphatic heterocycles. The quantitative estimate of drug-likeness (QED) is 0.745. The molecule has 33 heavy (non-hydrogen) atoms. The Morgan fingerprint density at radius 1 is 1.12 bits per heavy atom. The fraction of sp³-hybridized carbons (Fsp3) is 0.542. The second-order valence-electron chi connectivity index (χ2n) is 8.50. The van der Waals surface area contributed by atoms with Crippen molar-refractivity contribution in [3.63, 3.8) is 0 Å². The number of rotatable bonds is 5. The number of fused-ring (bicyclic) bond motifs is 1. The molecule has 4 rings (SSSR count). The van der Waals surface area contributed by atoms with E-state index in [9.17, 15) is 14.9 Å². The van der Waals surface area contributed by atoms with Crippen LogP contribution in [0.15, 0.2) is 24.3 Å². The number of para-hydroxylation sites is 2. The SMILES string of the molecule is CCOC(=O)N1CCN(c2nc3ccccc3nc2C(C#N)C(=O)NC2CCCCC2)CC1. The molecule has 2 fully saturated rings. The number of piperazine rings is 1. The lowest BCUT2D eigenvalue weighted by Crippen LogP contribution is -2.49. The summed E-state index contributed by atoms with van der Waals surface area (Å²) in [7, 11) is 0. The van der Waals surface area contributed by atoms with Crippen LogP contribution in [-0.4, -0.2) is 65.7 Å². The Morgan fingerprint density at radius 3 is 2.42 bits per heavy atom. The van der Waals surface area contributed by atoms with Gasteiger partial charge in [0, 0.05) is 32.2 Å². The summed E-state index contributed by atoms with van der Waals surface area (Å²) in [6.07, 6.45) is 4.92. The van der Waals surface area contributed by atoms with Crippen molar-refractivity contribution in [3.8, 4) is 6.07 Å². The maximum Gasteiger partial charge on any atom is 0.409 e. The van der Waals surface area contributed by atoms with E-state index < -0.39 is 5.92 Å². The van der Waals surface area contributed by atoms with Crippen molar-refractivity contribution in [2.24, 2.45) is 0 Å². The highest BCUT2D eigenvalue weighted by Crippen LogP contribution is 2.29. The van der Waals surface area contributed by atoms with Crippen molar-refractivity contribution in [3.05, 3.63) is 30.0 Å². The van der Waals surface area contributed by atoms with Gasteiger partial charge < -0.3 is 19.9 Å². The molecular weight excluding hydrogens is 420 g/mol. The molecule has 1 N–H and O–H groups in total. The van der Waals surface area contributed by atoms with Gasteiger partial charge in [0.25, 0.3) is 0 Å². The normalized spacial score (nSPS) is 17.9. The number of hydrogen-bond donors (Lipinski definition) is 1. The molecule has 0 bridgehead atoms. The summed E-state index contributed by atoms with van der Waals surface area (Å²) >= 11 is 0. The van der Waals surface area contributed by atoms with E-state index >= 15 is 0 Å². The van der Waals surface area contributed by atoms with E-state index in [1.807, 2.05) is 29.2 Å². The first-order valence-electron chi connectivity index (χ1n) is 11.7. The third-order valence-corrected chi connectivity index (χ3v) is 6.30. The molecule has 1 saturated heterocycles. The van der Waals surface area contributed by atoms with Gasteiger partial charge in [0.2, 0.25) is 5.91 Å². The van der Waals surface area contributed by atoms with Crippen LogP contribution in [0.1, 0.15) is 50.6 Å². The third-order valence-electron chi connectivity index (χ3n) is 6.30. The van der Waals surface area contributed by atoms with Crippen molar-refractivity contribution >= 4 is 28.9 Å². The first-order valence-corrected chi connectivity index (χ1v) is 11.7. The van der Waals surface area contributed by atoms with Crippen molar-refractivity contribution in [2.75, 3.05) is 37.7 Å². The zero-order valence-electron chi connectivity index (χ0n) is 19.0. The van der Waals surface area contributed by atoms with Gasteiger partial charge >= 0.3 is 6.09 Å². The molecule has 2 aromatic rings. The topological polar surface area (TPSA) is 111 Å². The molecule has 1 aliphatic carbocycles. The van der Waals surface area contributed by atoms with Crippen LogP contribution in [0, 0.1) is 11.3 Å². The second-order valence-corrected chi connectivity index (χ2v) is 8.50. The minimum atomic E-state index is -1.05. The molecule has 9 heteroatoms. The maximum absolute atomic E-state index is 13.1. The number of carbonyl (C=O) groups excluding carboxylic acids is 2. The van der Waals surface area contributed by atoms with Crippen LogP contribution in [0.4, 0.5) is 10.6 Å². The van der Waals surface area contributed by atoms with Crippen LogP contribution >= 0.6 is 0 Å². The highest BCUT2D eigenvalue weighted by atomic mass is 16.6. The van der Waals surface area contributed by atoms with Crippen LogP contribution in [0.2, 0.25) is 0 Å². The molecule has 174 valence electrons. The number of ether oxygens (including phenoxy) is 1. The number of nitrogens with one attached hydrogen (secondary N) is 1. The molecular formula is C24H30N6O3. The van der Waals surface area contributed by atoms with Crippen molar-refractivity contribution in [1.29, 1.82) is 5.26 Å². The smallest absolute Gasteiger partial charge is 0.409 e. The van der Waals surface area contributed by atoms with E-state index in [4.69, 9.17) is 14.7 Å². The first-order chi connectivity index (χ1) is 16.1. The van der Waals surface area contributed by atoms with Crippen molar-refractivity contribution < 1.29 is 14.3 Å². The highest BCUT2D eigenvalue weighted by Gasteiger charge is 2.32. The van der Waals surface area contributed by atoms with Crippen molar-refractivity contribution in [2.45, 2.75) is 51.0 Å². The molecule has 1 aromatic carbocycles. The lowest BCUT2D eigenvalue weighted by molar-refractivity contribution is -0.122. The van der Waals surface area contributed by atoms with Gasteiger partial charge in [-0.25, -0.2) is 14.8 Å². The fourth-order valence-corrected chi connectivity index (χ4v) is 4.52. The largest absolute Gasteiger partial charge is 0.450 e. The van der Waals surface area contributed by atoms with E-state index in [0.29, 0.717) is 55.3 Å². The number of benzene rings is 1. The Hall–Kier alpha value is -3.41. The van der Waals surface area contributed by atoms with Gasteiger partial charge in [0.15, 0.2) is 11.7 Å². The average Bonchev–Trinajstić information content (AvgIpc) is 2.85. The van der Waals surface area contributed by atoms with Crippen LogP contribution in [0.3, 0.4) is 0 Å². The van der Waals surface area contributed by atoms with Crippen LogP contribution in [0.25, 0.3) is 11.0 Å². The lowest BCUT2D eigenvalue weighted by atomic mass is 9.94. The zero-order valence-corrected chi connectivity index (χ0v) is 19.0. The fourth-order valence-electron chi connectivity index (χ4n) is 4.52. The molecule has 2 amide bonds. The number of hydrogen-bond acceptors (Lipinski definition) is 7. The van der Waals surface area contributed by atoms with Crippen LogP contribution in [-0.2, 0) is 9.53 Å². The Labute approximate surface area is 193 Å². The van der Waals surface area contributed by atoms with Gasteiger partial charge in [-0.2, -0.15) is 5.26 Å². The minimum Gasteiger partial charge on any atom is -0.450 e. The molecule has 2 heterocycles. The Morgan fingerprint density at radius 2 is 1.79 bits per heavy atom. The van der Waals surface area contributed by atoms with Gasteiger partial charge in [0.1, 0.15) is 5.69 Å². The Kier molecular flexibility index (Phi) is 7.23. The standard InChI is InChI=1S/C24H30N6O3/c1-2-33-24(32)30-14-12-29(13-15-30)22-21(27-19-10-6-7-11-20(19)28-22)18(16-25)23(31)26-17-8-4-3-5-9-17/h6-7,10-11,17-18H,2-5,8-9,12-15H2,1H3,(H,26,31). The van der Waals surface area contributed by atoms with E-state index in [-0.39, 0.29) is 18.0 Å². The van der Waals surface area contributed by atoms with E-state index in [0.717, 1.165) is 25.7 Å². The predicted octanol–water partition coefficient (Wildman–Crippen LogP) is 2.96. The average molecular weight is 451 g/mol. The van der Waals surface area contributed by atoms with Gasteiger partial charge in [-0.3, -0.25) is 4.79 Å². The summed E-state index contributed by atoms with van der Waals surface area (Å²) in [6.45, 7) is 4.09. The number of amides is 2. The highest BCUT2D eigenvalue weighted by molar-refractivity contribution is 5.89. The van der Waals surface area contributed by atoms with Crippen molar-refractivity contribution in [1.82, 2.24) is 20.2 Å². The van der Waals surface area contributed by atoms with Crippen LogP contribution < -0.4 is 10.2 Å². The Bertz CT molecular complexity index is 1040. The molecule has 0 spiro atoms. The number of nitrogens with zero attached hydrogens (tertiary/aromatic N) is 5. The lowest BCUT2D eigenvalue weighted by Gasteiger charge is -2.35. The zero-order chi connectivity index (χ0) is 23.2. The summed E-state index contributed by atoms with van der Waals surface area (Å²) in [5.41, 5.74) is 1.72. The molecule has 2 aliphatic rings. The molecule has 1 unspecified atom stereocenters.